The first-order valence-corrected chi connectivity index (χ1v) is 6.93. The Labute approximate surface area is 114 Å². The highest BCUT2D eigenvalue weighted by Gasteiger charge is 2.30. The Balaban J connectivity index is 0. The van der Waals surface area contributed by atoms with E-state index in [2.05, 4.69) is 41.5 Å². The van der Waals surface area contributed by atoms with E-state index < -0.39 is 0 Å². The van der Waals surface area contributed by atoms with Gasteiger partial charge in [-0.1, -0.05) is 41.5 Å². The van der Waals surface area contributed by atoms with Crippen molar-refractivity contribution in [3.8, 4) is 0 Å². The first-order valence-electron chi connectivity index (χ1n) is 6.93. The molecule has 0 spiro atoms. The van der Waals surface area contributed by atoms with Crippen LogP contribution in [0.25, 0.3) is 0 Å². The fourth-order valence-electron chi connectivity index (χ4n) is 1.37. The van der Waals surface area contributed by atoms with Gasteiger partial charge in [0.1, 0.15) is 0 Å². The van der Waals surface area contributed by atoms with Crippen molar-refractivity contribution in [2.45, 2.75) is 59.5 Å². The van der Waals surface area contributed by atoms with Gasteiger partial charge in [0.15, 0.2) is 0 Å². The minimum atomic E-state index is -0.181. The van der Waals surface area contributed by atoms with Crippen LogP contribution in [0.2, 0.25) is 0 Å². The lowest BCUT2D eigenvalue weighted by molar-refractivity contribution is 0.233. The lowest BCUT2D eigenvalue weighted by Gasteiger charge is -2.36. The first-order chi connectivity index (χ1) is 7.95. The molecule has 0 saturated heterocycles. The SMILES string of the molecule is CC(C)C(C)(N)CN.CC(C)C(N)(CN)C(C)C. The molecule has 0 aliphatic heterocycles. The lowest BCUT2D eigenvalue weighted by Crippen LogP contribution is -2.55. The number of hydrogen-bond acceptors (Lipinski definition) is 4. The molecule has 1 unspecified atom stereocenters. The number of hydrogen-bond donors (Lipinski definition) is 4. The van der Waals surface area contributed by atoms with Crippen molar-refractivity contribution in [1.29, 1.82) is 0 Å². The van der Waals surface area contributed by atoms with Gasteiger partial charge < -0.3 is 22.9 Å². The van der Waals surface area contributed by atoms with E-state index in [-0.39, 0.29) is 11.1 Å². The van der Waals surface area contributed by atoms with Crippen LogP contribution < -0.4 is 22.9 Å². The summed E-state index contributed by atoms with van der Waals surface area (Å²) in [6.45, 7) is 15.7. The molecule has 8 N–H and O–H groups in total. The van der Waals surface area contributed by atoms with E-state index in [1.165, 1.54) is 0 Å². The molecule has 0 amide bonds. The number of nitrogens with two attached hydrogens (primary N) is 4. The molecule has 18 heavy (non-hydrogen) atoms. The van der Waals surface area contributed by atoms with Gasteiger partial charge in [-0.25, -0.2) is 0 Å². The van der Waals surface area contributed by atoms with Crippen LogP contribution in [0.4, 0.5) is 0 Å². The third-order valence-electron chi connectivity index (χ3n) is 4.26. The van der Waals surface area contributed by atoms with E-state index in [1.807, 2.05) is 6.92 Å². The highest BCUT2D eigenvalue weighted by Crippen LogP contribution is 2.21. The van der Waals surface area contributed by atoms with Crippen molar-refractivity contribution in [3.63, 3.8) is 0 Å². The Bertz CT molecular complexity index is 202. The fourth-order valence-corrected chi connectivity index (χ4v) is 1.37. The van der Waals surface area contributed by atoms with Crippen LogP contribution >= 0.6 is 0 Å². The quantitative estimate of drug-likeness (QED) is 0.597. The number of rotatable bonds is 5. The van der Waals surface area contributed by atoms with E-state index in [9.17, 15) is 0 Å². The summed E-state index contributed by atoms with van der Waals surface area (Å²) in [6.07, 6.45) is 0. The largest absolute Gasteiger partial charge is 0.329 e. The Morgan fingerprint density at radius 3 is 1.06 bits per heavy atom. The van der Waals surface area contributed by atoms with E-state index in [0.29, 0.717) is 30.8 Å². The van der Waals surface area contributed by atoms with Gasteiger partial charge in [0.2, 0.25) is 0 Å². The molecule has 0 rings (SSSR count). The zero-order valence-corrected chi connectivity index (χ0v) is 13.5. The minimum Gasteiger partial charge on any atom is -0.329 e. The summed E-state index contributed by atoms with van der Waals surface area (Å²) in [7, 11) is 0. The Hall–Kier alpha value is -0.160. The molecule has 0 aromatic carbocycles. The van der Waals surface area contributed by atoms with Crippen molar-refractivity contribution < 1.29 is 0 Å². The summed E-state index contributed by atoms with van der Waals surface area (Å²) in [5, 5.41) is 0. The molecule has 0 aliphatic carbocycles. The second kappa shape index (κ2) is 8.10. The van der Waals surface area contributed by atoms with Crippen LogP contribution in [0.3, 0.4) is 0 Å². The van der Waals surface area contributed by atoms with Gasteiger partial charge in [0, 0.05) is 24.2 Å². The fraction of sp³-hybridized carbons (Fsp3) is 1.00. The molecule has 0 radical (unpaired) electrons. The van der Waals surface area contributed by atoms with Crippen molar-refractivity contribution >= 4 is 0 Å². The lowest BCUT2D eigenvalue weighted by atomic mass is 9.78. The van der Waals surface area contributed by atoms with E-state index in [0.717, 1.165) is 0 Å². The van der Waals surface area contributed by atoms with Crippen LogP contribution in [0.1, 0.15) is 48.5 Å². The Morgan fingerprint density at radius 1 is 0.722 bits per heavy atom. The van der Waals surface area contributed by atoms with Gasteiger partial charge in [0.25, 0.3) is 0 Å². The summed E-state index contributed by atoms with van der Waals surface area (Å²) in [5.41, 5.74) is 22.4. The molecule has 0 bridgehead atoms. The molecule has 0 aromatic rings. The normalized spacial score (nSPS) is 15.7. The summed E-state index contributed by atoms with van der Waals surface area (Å²) < 4.78 is 0. The Kier molecular flexibility index (Phi) is 9.07. The summed E-state index contributed by atoms with van der Waals surface area (Å²) in [4.78, 5) is 0. The predicted octanol–water partition coefficient (Wildman–Crippen LogP) is 1.27. The van der Waals surface area contributed by atoms with Crippen molar-refractivity contribution in [1.82, 2.24) is 0 Å². The van der Waals surface area contributed by atoms with Crippen LogP contribution in [-0.4, -0.2) is 24.2 Å². The van der Waals surface area contributed by atoms with Crippen LogP contribution in [0.15, 0.2) is 0 Å². The molecule has 0 aliphatic rings. The molecule has 0 saturated carbocycles. The molecular formula is C14H36N4. The van der Waals surface area contributed by atoms with Gasteiger partial charge in [-0.15, -0.1) is 0 Å². The van der Waals surface area contributed by atoms with Gasteiger partial charge in [-0.3, -0.25) is 0 Å². The molecule has 4 nitrogen and oxygen atoms in total. The van der Waals surface area contributed by atoms with Gasteiger partial charge in [0.05, 0.1) is 0 Å². The molecule has 0 heterocycles. The molecule has 4 heteroatoms. The maximum atomic E-state index is 6.06. The molecule has 1 atom stereocenters. The van der Waals surface area contributed by atoms with Gasteiger partial charge in [-0.05, 0) is 24.7 Å². The van der Waals surface area contributed by atoms with E-state index >= 15 is 0 Å². The molecule has 0 fully saturated rings. The Morgan fingerprint density at radius 2 is 1.06 bits per heavy atom. The molecule has 112 valence electrons. The summed E-state index contributed by atoms with van der Waals surface area (Å²) in [5.74, 6) is 1.38. The van der Waals surface area contributed by atoms with Crippen molar-refractivity contribution in [2.24, 2.45) is 40.7 Å². The second-order valence-electron chi connectivity index (χ2n) is 6.49. The first kappa shape index (κ1) is 20.2. The van der Waals surface area contributed by atoms with Crippen LogP contribution in [0, 0.1) is 17.8 Å². The smallest absolute Gasteiger partial charge is 0.0325 e. The average molecular weight is 260 g/mol. The maximum absolute atomic E-state index is 6.06. The van der Waals surface area contributed by atoms with Gasteiger partial charge >= 0.3 is 0 Å². The minimum absolute atomic E-state index is 0.181. The maximum Gasteiger partial charge on any atom is 0.0325 e. The van der Waals surface area contributed by atoms with Crippen molar-refractivity contribution in [3.05, 3.63) is 0 Å². The predicted molar refractivity (Wildman–Crippen MR) is 82.1 cm³/mol. The zero-order valence-electron chi connectivity index (χ0n) is 13.5. The monoisotopic (exact) mass is 260 g/mol. The van der Waals surface area contributed by atoms with Gasteiger partial charge in [-0.2, -0.15) is 0 Å². The average Bonchev–Trinajstić information content (AvgIpc) is 2.27. The summed E-state index contributed by atoms with van der Waals surface area (Å²) in [6, 6.07) is 0. The second-order valence-corrected chi connectivity index (χ2v) is 6.49. The standard InChI is InChI=1S/C8H20N2.C6H16N2/c1-6(2)8(10,5-9)7(3)4;1-5(2)6(3,8)4-7/h6-7H,5,9-10H2,1-4H3;5H,4,7-8H2,1-3H3. The highest BCUT2D eigenvalue weighted by atomic mass is 14.8. The van der Waals surface area contributed by atoms with Crippen molar-refractivity contribution in [2.75, 3.05) is 13.1 Å². The topological polar surface area (TPSA) is 104 Å². The molecular weight excluding hydrogens is 224 g/mol. The van der Waals surface area contributed by atoms with E-state index in [4.69, 9.17) is 22.9 Å². The third-order valence-corrected chi connectivity index (χ3v) is 4.26. The van der Waals surface area contributed by atoms with Crippen LogP contribution in [0.5, 0.6) is 0 Å². The van der Waals surface area contributed by atoms with Crippen LogP contribution in [-0.2, 0) is 0 Å². The van der Waals surface area contributed by atoms with E-state index in [1.54, 1.807) is 0 Å². The third kappa shape index (κ3) is 6.14. The zero-order chi connectivity index (χ0) is 15.1. The highest BCUT2D eigenvalue weighted by molar-refractivity contribution is 4.91. The molecule has 0 aromatic heterocycles. The summed E-state index contributed by atoms with van der Waals surface area (Å²) >= 11 is 0.